The quantitative estimate of drug-likeness (QED) is 0.873. The minimum absolute atomic E-state index is 0.321. The summed E-state index contributed by atoms with van der Waals surface area (Å²) in [5, 5.41) is 12.6. The topological polar surface area (TPSA) is 58.6 Å². The second-order valence-electron chi connectivity index (χ2n) is 4.86. The highest BCUT2D eigenvalue weighted by atomic mass is 32.2. The summed E-state index contributed by atoms with van der Waals surface area (Å²) in [6.45, 7) is 1.61. The number of benzene rings is 1. The number of carboxylic acid groups (broad SMARTS) is 1. The Morgan fingerprint density at radius 1 is 1.50 bits per heavy atom. The summed E-state index contributed by atoms with van der Waals surface area (Å²) in [4.78, 5) is 12.5. The minimum Gasteiger partial charge on any atom is -0.481 e. The zero-order chi connectivity index (χ0) is 12.6. The highest BCUT2D eigenvalue weighted by Gasteiger charge is 2.46. The van der Waals surface area contributed by atoms with Crippen molar-refractivity contribution in [2.45, 2.75) is 11.3 Å². The van der Waals surface area contributed by atoms with E-state index in [0.29, 0.717) is 19.6 Å². The van der Waals surface area contributed by atoms with E-state index in [2.05, 4.69) is 17.4 Å². The molecule has 5 heteroatoms. The van der Waals surface area contributed by atoms with Gasteiger partial charge in [-0.1, -0.05) is 6.07 Å². The van der Waals surface area contributed by atoms with Gasteiger partial charge in [0.1, 0.15) is 5.41 Å². The molecule has 0 bridgehead atoms. The summed E-state index contributed by atoms with van der Waals surface area (Å²) in [5.74, 6) is 0.327. The number of hydrogen-bond donors (Lipinski definition) is 2. The van der Waals surface area contributed by atoms with E-state index in [1.54, 1.807) is 0 Å². The van der Waals surface area contributed by atoms with Crippen LogP contribution in [0.15, 0.2) is 23.1 Å². The lowest BCUT2D eigenvalue weighted by molar-refractivity contribution is -0.179. The highest BCUT2D eigenvalue weighted by molar-refractivity contribution is 7.99. The Hall–Kier alpha value is -1.20. The van der Waals surface area contributed by atoms with Gasteiger partial charge in [0.2, 0.25) is 0 Å². The maximum absolute atomic E-state index is 11.3. The zero-order valence-electron chi connectivity index (χ0n) is 9.94. The molecule has 2 heterocycles. The molecule has 4 nitrogen and oxygen atoms in total. The molecule has 0 atom stereocenters. The van der Waals surface area contributed by atoms with Gasteiger partial charge in [-0.05, 0) is 24.1 Å². The lowest BCUT2D eigenvalue weighted by Gasteiger charge is -2.37. The molecule has 18 heavy (non-hydrogen) atoms. The summed E-state index contributed by atoms with van der Waals surface area (Å²) in [5.41, 5.74) is 1.48. The Labute approximate surface area is 110 Å². The second kappa shape index (κ2) is 4.48. The van der Waals surface area contributed by atoms with Crippen LogP contribution in [-0.2, 0) is 16.0 Å². The van der Waals surface area contributed by atoms with Crippen molar-refractivity contribution in [3.63, 3.8) is 0 Å². The van der Waals surface area contributed by atoms with E-state index in [0.717, 1.165) is 23.5 Å². The summed E-state index contributed by atoms with van der Waals surface area (Å²) in [6, 6.07) is 6.18. The largest absolute Gasteiger partial charge is 0.481 e. The molecule has 0 aliphatic carbocycles. The van der Waals surface area contributed by atoms with Gasteiger partial charge in [0.05, 0.1) is 13.2 Å². The molecule has 1 aromatic carbocycles. The van der Waals surface area contributed by atoms with Crippen LogP contribution >= 0.6 is 11.8 Å². The number of hydrogen-bond acceptors (Lipinski definition) is 4. The van der Waals surface area contributed by atoms with Gasteiger partial charge >= 0.3 is 5.97 Å². The van der Waals surface area contributed by atoms with E-state index >= 15 is 0 Å². The number of ether oxygens (including phenoxy) is 1. The maximum Gasteiger partial charge on any atom is 0.314 e. The fourth-order valence-corrected chi connectivity index (χ4v) is 3.21. The number of carboxylic acids is 1. The first kappa shape index (κ1) is 11.9. The second-order valence-corrected chi connectivity index (χ2v) is 6.00. The lowest BCUT2D eigenvalue weighted by atomic mass is 9.80. The molecule has 0 spiro atoms. The number of anilines is 1. The van der Waals surface area contributed by atoms with E-state index in [-0.39, 0.29) is 0 Å². The van der Waals surface area contributed by atoms with Gasteiger partial charge in [-0.2, -0.15) is 0 Å². The predicted octanol–water partition coefficient (Wildman–Crippen LogP) is 1.85. The van der Waals surface area contributed by atoms with Crippen molar-refractivity contribution in [2.75, 3.05) is 30.8 Å². The molecule has 0 aromatic heterocycles. The van der Waals surface area contributed by atoms with Crippen molar-refractivity contribution in [1.29, 1.82) is 0 Å². The van der Waals surface area contributed by atoms with Gasteiger partial charge in [0.15, 0.2) is 0 Å². The van der Waals surface area contributed by atoms with Crippen molar-refractivity contribution in [3.05, 3.63) is 23.8 Å². The third-order valence-electron chi connectivity index (χ3n) is 3.47. The van der Waals surface area contributed by atoms with Gasteiger partial charge in [-0.15, -0.1) is 11.8 Å². The van der Waals surface area contributed by atoms with Gasteiger partial charge in [0, 0.05) is 22.9 Å². The van der Waals surface area contributed by atoms with Crippen LogP contribution < -0.4 is 5.32 Å². The first-order valence-electron chi connectivity index (χ1n) is 6.00. The van der Waals surface area contributed by atoms with Crippen molar-refractivity contribution < 1.29 is 14.6 Å². The average Bonchev–Trinajstić information content (AvgIpc) is 2.33. The molecular formula is C13H15NO3S. The minimum atomic E-state index is -0.756. The van der Waals surface area contributed by atoms with Gasteiger partial charge in [-0.25, -0.2) is 0 Å². The Morgan fingerprint density at radius 2 is 2.33 bits per heavy atom. The van der Waals surface area contributed by atoms with Crippen molar-refractivity contribution in [2.24, 2.45) is 5.41 Å². The van der Waals surface area contributed by atoms with Crippen LogP contribution in [0.2, 0.25) is 0 Å². The molecule has 0 amide bonds. The van der Waals surface area contributed by atoms with Gasteiger partial charge < -0.3 is 15.2 Å². The number of nitrogens with one attached hydrogen (secondary N) is 1. The smallest absolute Gasteiger partial charge is 0.314 e. The van der Waals surface area contributed by atoms with E-state index in [9.17, 15) is 9.90 Å². The maximum atomic E-state index is 11.3. The van der Waals surface area contributed by atoms with Crippen molar-refractivity contribution in [3.8, 4) is 0 Å². The summed E-state index contributed by atoms with van der Waals surface area (Å²) < 4.78 is 5.08. The summed E-state index contributed by atoms with van der Waals surface area (Å²) in [7, 11) is 0. The molecule has 0 unspecified atom stereocenters. The Bertz CT molecular complexity index is 485. The van der Waals surface area contributed by atoms with Crippen LogP contribution in [0.1, 0.15) is 5.56 Å². The number of carbonyl (C=O) groups is 1. The van der Waals surface area contributed by atoms with E-state index in [4.69, 9.17) is 4.74 Å². The Balaban J connectivity index is 1.82. The number of fused-ring (bicyclic) bond motifs is 1. The van der Waals surface area contributed by atoms with E-state index < -0.39 is 11.4 Å². The first-order chi connectivity index (χ1) is 8.70. The third-order valence-corrected chi connectivity index (χ3v) is 4.55. The Morgan fingerprint density at radius 3 is 3.00 bits per heavy atom. The van der Waals surface area contributed by atoms with Gasteiger partial charge in [0.25, 0.3) is 0 Å². The molecule has 96 valence electrons. The Kier molecular flexibility index (Phi) is 2.95. The molecule has 0 saturated carbocycles. The average molecular weight is 265 g/mol. The van der Waals surface area contributed by atoms with Gasteiger partial charge in [-0.3, -0.25) is 4.79 Å². The van der Waals surface area contributed by atoms with Crippen molar-refractivity contribution in [1.82, 2.24) is 0 Å². The molecule has 1 fully saturated rings. The molecule has 2 aliphatic heterocycles. The first-order valence-corrected chi connectivity index (χ1v) is 6.99. The summed E-state index contributed by atoms with van der Waals surface area (Å²) in [6.07, 6.45) is 0.544. The lowest BCUT2D eigenvalue weighted by Crippen LogP contribution is -2.50. The fraction of sp³-hybridized carbons (Fsp3) is 0.462. The summed E-state index contributed by atoms with van der Waals surface area (Å²) >= 11 is 1.84. The highest BCUT2D eigenvalue weighted by Crippen LogP contribution is 2.36. The third kappa shape index (κ3) is 1.97. The van der Waals surface area contributed by atoms with Crippen molar-refractivity contribution >= 4 is 23.4 Å². The van der Waals surface area contributed by atoms with Crippen LogP contribution in [0.25, 0.3) is 0 Å². The zero-order valence-corrected chi connectivity index (χ0v) is 10.8. The van der Waals surface area contributed by atoms with Crippen LogP contribution in [0, 0.1) is 5.41 Å². The van der Waals surface area contributed by atoms with Crippen LogP contribution in [-0.4, -0.2) is 36.6 Å². The monoisotopic (exact) mass is 265 g/mol. The number of rotatable bonds is 3. The van der Waals surface area contributed by atoms with Crippen LogP contribution in [0.5, 0.6) is 0 Å². The SMILES string of the molecule is O=C(O)C1(Cc2ccc3c(c2)NCCS3)COC1. The molecule has 2 aliphatic rings. The normalized spacial score (nSPS) is 20.4. The fourth-order valence-electron chi connectivity index (χ4n) is 2.34. The molecular weight excluding hydrogens is 250 g/mol. The standard InChI is InChI=1S/C13H15NO3S/c15-12(16)13(7-17-8-13)6-9-1-2-11-10(5-9)14-3-4-18-11/h1-2,5,14H,3-4,6-8H2,(H,15,16). The number of thioether (sulfide) groups is 1. The molecule has 2 N–H and O–H groups in total. The molecule has 3 rings (SSSR count). The van der Waals surface area contributed by atoms with Crippen LogP contribution in [0.4, 0.5) is 5.69 Å². The number of aliphatic carboxylic acids is 1. The molecule has 1 saturated heterocycles. The van der Waals surface area contributed by atoms with E-state index in [1.807, 2.05) is 17.8 Å². The molecule has 0 radical (unpaired) electrons. The predicted molar refractivity (Wildman–Crippen MR) is 70.2 cm³/mol. The van der Waals surface area contributed by atoms with E-state index in [1.165, 1.54) is 4.90 Å². The molecule has 1 aromatic rings. The van der Waals surface area contributed by atoms with Crippen LogP contribution in [0.3, 0.4) is 0 Å².